The molecule has 60 heavy (non-hydrogen) atoms. The van der Waals surface area contributed by atoms with Gasteiger partial charge in [-0.2, -0.15) is 0 Å². The van der Waals surface area contributed by atoms with Crippen molar-refractivity contribution in [2.75, 3.05) is 0 Å². The summed E-state index contributed by atoms with van der Waals surface area (Å²) in [5.41, 5.74) is 22.1. The van der Waals surface area contributed by atoms with Gasteiger partial charge in [-0.1, -0.05) is 212 Å². The van der Waals surface area contributed by atoms with E-state index in [1.165, 1.54) is 218 Å². The summed E-state index contributed by atoms with van der Waals surface area (Å²) >= 11 is 1.82. The van der Waals surface area contributed by atoms with E-state index in [1.54, 1.807) is 4.70 Å². The normalized spacial score (nSPS) is 12.9. The second-order valence-corrected chi connectivity index (χ2v) is 19.7. The van der Waals surface area contributed by atoms with Crippen LogP contribution in [0.5, 0.6) is 0 Å². The van der Waals surface area contributed by atoms with Crippen molar-refractivity contribution in [3.05, 3.63) is 87.5 Å². The predicted molar refractivity (Wildman–Crippen MR) is 265 cm³/mol. The maximum absolute atomic E-state index is 12.2. The first kappa shape index (κ1) is 54.1. The molecule has 0 aromatic heterocycles. The summed E-state index contributed by atoms with van der Waals surface area (Å²) in [6.45, 7) is 13.5. The summed E-state index contributed by atoms with van der Waals surface area (Å²) in [5, 5.41) is 2.56. The van der Waals surface area contributed by atoms with Gasteiger partial charge >= 0.3 is 39.1 Å². The van der Waals surface area contributed by atoms with Crippen LogP contribution >= 0.6 is 0 Å². The van der Waals surface area contributed by atoms with Crippen LogP contribution < -0.4 is 0 Å². The van der Waals surface area contributed by atoms with Gasteiger partial charge in [-0.25, -0.2) is 4.70 Å². The molecule has 0 N–H and O–H groups in total. The van der Waals surface area contributed by atoms with Crippen molar-refractivity contribution < 1.29 is 19.1 Å². The fraction of sp³-hybridized carbons (Fsp3) is 0.719. The molecular formula is C57H96N2Ni. The van der Waals surface area contributed by atoms with E-state index in [2.05, 4.69) is 90.1 Å². The quantitative estimate of drug-likeness (QED) is 0.0367. The number of hydrogen-bond acceptors (Lipinski definition) is 0. The fourth-order valence-electron chi connectivity index (χ4n) is 8.92. The molecule has 3 heteroatoms. The molecule has 2 aromatic carbocycles. The van der Waals surface area contributed by atoms with E-state index >= 15 is 0 Å². The molecule has 0 saturated carbocycles. The van der Waals surface area contributed by atoms with Gasteiger partial charge in [0.05, 0.1) is 0 Å². The first-order valence-electron chi connectivity index (χ1n) is 26.1. The predicted octanol–water partition coefficient (Wildman–Crippen LogP) is 20.1. The summed E-state index contributed by atoms with van der Waals surface area (Å²) in [5.74, 6) is 0. The Balaban J connectivity index is 0.00000233. The molecule has 0 unspecified atom stereocenters. The summed E-state index contributed by atoms with van der Waals surface area (Å²) in [4.78, 5) is 0. The molecule has 344 valence electrons. The second-order valence-electron chi connectivity index (χ2n) is 17.8. The Bertz CT molecular complexity index is 1420. The molecule has 0 spiro atoms. The monoisotopic (exact) mass is 867 g/mol. The zero-order valence-corrected chi connectivity index (χ0v) is 41.6. The third kappa shape index (κ3) is 23.5. The van der Waals surface area contributed by atoms with Crippen LogP contribution in [0.15, 0.2) is 59.7 Å². The molecule has 0 amide bonds. The first-order valence-corrected chi connectivity index (χ1v) is 27.5. The number of hydrogen-bond donors (Lipinski definition) is 0. The Hall–Kier alpha value is -1.99. The number of unbranched alkanes of at least 4 members (excludes halogenated alkanes) is 25. The molecule has 0 saturated heterocycles. The Morgan fingerprint density at radius 1 is 0.367 bits per heavy atom. The van der Waals surface area contributed by atoms with Crippen LogP contribution in [0.4, 0.5) is 0 Å². The van der Waals surface area contributed by atoms with Crippen molar-refractivity contribution in [2.24, 2.45) is 0 Å². The van der Waals surface area contributed by atoms with Crippen molar-refractivity contribution in [3.8, 4) is 0 Å². The van der Waals surface area contributed by atoms with Gasteiger partial charge in [0.1, 0.15) is 0 Å². The van der Waals surface area contributed by atoms with Gasteiger partial charge in [-0.15, -0.1) is 0 Å². The molecule has 0 bridgehead atoms. The van der Waals surface area contributed by atoms with E-state index in [9.17, 15) is 5.53 Å². The van der Waals surface area contributed by atoms with Gasteiger partial charge in [0, 0.05) is 22.3 Å². The van der Waals surface area contributed by atoms with E-state index in [0.29, 0.717) is 0 Å². The molecule has 1 heterocycles. The summed E-state index contributed by atoms with van der Waals surface area (Å²) in [7, 11) is 0. The topological polar surface area (TPSA) is 25.3 Å². The molecular weight excluding hydrogens is 771 g/mol. The SMILES string of the molecule is CCCCCCCCCCCCCCCCCCCCCCCCC1=C(c2cccc(CCCCC)c2)[N+](=[N-])C(c2cccc(CCCC)c2)=C1CCCC.C[CH2][Ni][CH2]C. The Kier molecular flexibility index (Phi) is 33.9. The van der Waals surface area contributed by atoms with Crippen molar-refractivity contribution in [2.45, 2.75) is 264 Å². The summed E-state index contributed by atoms with van der Waals surface area (Å²) in [6, 6.07) is 18.1. The first-order chi connectivity index (χ1) is 29.6. The average molecular weight is 868 g/mol. The molecule has 0 aliphatic carbocycles. The van der Waals surface area contributed by atoms with E-state index in [1.807, 2.05) is 14.4 Å². The number of nitrogens with zero attached hydrogens (tertiary/aromatic N) is 2. The Morgan fingerprint density at radius 3 is 1.03 bits per heavy atom. The number of benzene rings is 2. The van der Waals surface area contributed by atoms with Crippen LogP contribution in [0.1, 0.15) is 263 Å². The maximum atomic E-state index is 12.2. The van der Waals surface area contributed by atoms with Crippen LogP contribution in [0.2, 0.25) is 10.8 Å². The van der Waals surface area contributed by atoms with E-state index < -0.39 is 0 Å². The molecule has 0 atom stereocenters. The zero-order valence-electron chi connectivity index (χ0n) is 40.6. The Labute approximate surface area is 380 Å². The van der Waals surface area contributed by atoms with Gasteiger partial charge in [-0.05, 0) is 86.8 Å². The van der Waals surface area contributed by atoms with Crippen LogP contribution in [0, 0.1) is 0 Å². The van der Waals surface area contributed by atoms with E-state index in [-0.39, 0.29) is 0 Å². The molecule has 3 rings (SSSR count). The molecule has 2 nitrogen and oxygen atoms in total. The third-order valence-corrected chi connectivity index (χ3v) is 13.5. The standard InChI is InChI=1S/C53H86N2.2C2H5.Ni/c1-5-9-13-14-15-16-17-18-19-20-21-22-23-24-25-26-27-28-29-30-31-33-43-51-50(42-12-8-4)52(48-40-34-38-46(44-48)36-11-7-3)55(54)53(51)49-41-35-39-47(45-49)37-32-10-6-2;2*1-2;/h34-35,38-41,44-45H,5-33,36-37,42-43H2,1-4H3;2*1H2,2H3;. The summed E-state index contributed by atoms with van der Waals surface area (Å²) < 4.78 is 1.60. The number of allylic oxidation sites excluding steroid dienone is 2. The average Bonchev–Trinajstić information content (AvgIpc) is 3.54. The minimum atomic E-state index is 1.02. The molecule has 1 aliphatic rings. The van der Waals surface area contributed by atoms with Crippen LogP contribution in [0.25, 0.3) is 16.9 Å². The van der Waals surface area contributed by atoms with E-state index in [0.717, 1.165) is 49.9 Å². The molecule has 0 radical (unpaired) electrons. The van der Waals surface area contributed by atoms with Gasteiger partial charge in [0.2, 0.25) is 11.4 Å². The van der Waals surface area contributed by atoms with Crippen LogP contribution in [-0.4, -0.2) is 4.70 Å². The van der Waals surface area contributed by atoms with Gasteiger partial charge in [0.25, 0.3) is 0 Å². The van der Waals surface area contributed by atoms with Crippen molar-refractivity contribution in [3.63, 3.8) is 0 Å². The van der Waals surface area contributed by atoms with E-state index in [4.69, 9.17) is 0 Å². The van der Waals surface area contributed by atoms with Crippen LogP contribution in [0.3, 0.4) is 0 Å². The molecule has 0 fully saturated rings. The van der Waals surface area contributed by atoms with Crippen molar-refractivity contribution >= 4 is 11.4 Å². The fourth-order valence-corrected chi connectivity index (χ4v) is 9.41. The van der Waals surface area contributed by atoms with Gasteiger partial charge in [0.15, 0.2) is 0 Å². The van der Waals surface area contributed by atoms with Gasteiger partial charge in [-0.3, -0.25) is 0 Å². The zero-order chi connectivity index (χ0) is 43.3. The second kappa shape index (κ2) is 37.6. The number of rotatable bonds is 37. The van der Waals surface area contributed by atoms with Crippen LogP contribution in [-0.2, 0) is 27.3 Å². The van der Waals surface area contributed by atoms with Crippen molar-refractivity contribution in [1.82, 2.24) is 0 Å². The molecule has 2 aromatic rings. The minimum absolute atomic E-state index is 1.02. The molecule has 1 aliphatic heterocycles. The number of aryl methyl sites for hydroxylation is 2. The Morgan fingerprint density at radius 2 is 0.667 bits per heavy atom. The van der Waals surface area contributed by atoms with Gasteiger partial charge < -0.3 is 5.53 Å². The van der Waals surface area contributed by atoms with Crippen molar-refractivity contribution in [1.29, 1.82) is 0 Å². The summed E-state index contributed by atoms with van der Waals surface area (Å²) in [6.07, 6.45) is 43.8. The third-order valence-electron chi connectivity index (χ3n) is 12.5.